The van der Waals surface area contributed by atoms with Crippen LogP contribution in [0.2, 0.25) is 0 Å². The Bertz CT molecular complexity index is 893. The number of hydrogen-bond donors (Lipinski definition) is 1. The van der Waals surface area contributed by atoms with Gasteiger partial charge in [-0.1, -0.05) is 19.1 Å². The molecule has 0 aliphatic carbocycles. The maximum absolute atomic E-state index is 4.83. The van der Waals surface area contributed by atoms with Gasteiger partial charge in [-0.15, -0.1) is 0 Å². The molecule has 1 N–H and O–H groups in total. The normalized spacial score (nSPS) is 21.6. The van der Waals surface area contributed by atoms with E-state index in [4.69, 9.17) is 4.98 Å². The second kappa shape index (κ2) is 7.51. The Balaban J connectivity index is 1.28. The molecule has 2 aromatic heterocycles. The standard InChI is InChI=1S/C22H28N6/c1-16-8-11-27(12-9-16)22-23-13-17(14-24-22)15-28-10-4-7-20(28)21-25-18-5-2-3-6-19(18)26-21/h2-3,5-6,13-14,16,20H,4,7-12,15H2,1H3,(H,25,26). The van der Waals surface area contributed by atoms with E-state index in [2.05, 4.69) is 49.9 Å². The number of piperidine rings is 1. The summed E-state index contributed by atoms with van der Waals surface area (Å²) in [5, 5.41) is 0. The minimum absolute atomic E-state index is 0.343. The number of nitrogens with zero attached hydrogens (tertiary/aromatic N) is 5. The number of anilines is 1. The van der Waals surface area contributed by atoms with Crippen LogP contribution in [0.1, 0.15) is 50.0 Å². The lowest BCUT2D eigenvalue weighted by atomic mass is 10.00. The molecule has 0 bridgehead atoms. The number of para-hydroxylation sites is 2. The van der Waals surface area contributed by atoms with E-state index >= 15 is 0 Å². The summed E-state index contributed by atoms with van der Waals surface area (Å²) in [6, 6.07) is 8.61. The van der Waals surface area contributed by atoms with Crippen LogP contribution in [0, 0.1) is 5.92 Å². The zero-order chi connectivity index (χ0) is 18.9. The first-order valence-corrected chi connectivity index (χ1v) is 10.5. The van der Waals surface area contributed by atoms with E-state index in [1.54, 1.807) is 0 Å². The van der Waals surface area contributed by atoms with Crippen LogP contribution in [0.15, 0.2) is 36.7 Å². The molecule has 146 valence electrons. The van der Waals surface area contributed by atoms with Crippen LogP contribution >= 0.6 is 0 Å². The summed E-state index contributed by atoms with van der Waals surface area (Å²) in [7, 11) is 0. The van der Waals surface area contributed by atoms with Crippen molar-refractivity contribution in [1.82, 2.24) is 24.8 Å². The predicted molar refractivity (Wildman–Crippen MR) is 111 cm³/mol. The number of likely N-dealkylation sites (tertiary alicyclic amines) is 1. The second-order valence-electron chi connectivity index (χ2n) is 8.33. The van der Waals surface area contributed by atoms with Crippen LogP contribution in [0.3, 0.4) is 0 Å². The first-order valence-electron chi connectivity index (χ1n) is 10.5. The molecule has 2 aliphatic heterocycles. The zero-order valence-corrected chi connectivity index (χ0v) is 16.5. The summed E-state index contributed by atoms with van der Waals surface area (Å²) in [6.45, 7) is 6.43. The van der Waals surface area contributed by atoms with Crippen molar-refractivity contribution in [2.24, 2.45) is 5.92 Å². The first-order chi connectivity index (χ1) is 13.8. The molecule has 5 rings (SSSR count). The zero-order valence-electron chi connectivity index (χ0n) is 16.5. The van der Waals surface area contributed by atoms with E-state index in [0.717, 1.165) is 61.3 Å². The highest BCUT2D eigenvalue weighted by Gasteiger charge is 2.28. The van der Waals surface area contributed by atoms with E-state index in [-0.39, 0.29) is 0 Å². The van der Waals surface area contributed by atoms with Gasteiger partial charge < -0.3 is 9.88 Å². The summed E-state index contributed by atoms with van der Waals surface area (Å²) in [6.07, 6.45) is 8.83. The first kappa shape index (κ1) is 17.6. The van der Waals surface area contributed by atoms with Crippen LogP contribution < -0.4 is 4.90 Å². The Labute approximate surface area is 166 Å². The van der Waals surface area contributed by atoms with E-state index < -0.39 is 0 Å². The smallest absolute Gasteiger partial charge is 0.225 e. The van der Waals surface area contributed by atoms with Crippen LogP contribution in [0.25, 0.3) is 11.0 Å². The number of imidazole rings is 1. The third-order valence-electron chi connectivity index (χ3n) is 6.23. The molecule has 0 saturated carbocycles. The molecule has 28 heavy (non-hydrogen) atoms. The van der Waals surface area contributed by atoms with Crippen molar-refractivity contribution < 1.29 is 0 Å². The van der Waals surface area contributed by atoms with Crippen molar-refractivity contribution in [3.8, 4) is 0 Å². The van der Waals surface area contributed by atoms with Gasteiger partial charge in [0.2, 0.25) is 5.95 Å². The van der Waals surface area contributed by atoms with E-state index in [0.29, 0.717) is 6.04 Å². The van der Waals surface area contributed by atoms with Gasteiger partial charge in [-0.2, -0.15) is 0 Å². The monoisotopic (exact) mass is 376 g/mol. The Hall–Kier alpha value is -2.47. The van der Waals surface area contributed by atoms with E-state index in [1.165, 1.54) is 24.8 Å². The van der Waals surface area contributed by atoms with Gasteiger partial charge in [0.05, 0.1) is 17.1 Å². The molecule has 1 unspecified atom stereocenters. The molecule has 0 radical (unpaired) electrons. The number of rotatable bonds is 4. The molecule has 6 heteroatoms. The van der Waals surface area contributed by atoms with Crippen molar-refractivity contribution in [3.05, 3.63) is 48.0 Å². The third-order valence-corrected chi connectivity index (χ3v) is 6.23. The molecule has 1 aromatic carbocycles. The number of nitrogens with one attached hydrogen (secondary N) is 1. The van der Waals surface area contributed by atoms with Crippen molar-refractivity contribution in [1.29, 1.82) is 0 Å². The van der Waals surface area contributed by atoms with Gasteiger partial charge in [0.1, 0.15) is 5.82 Å². The number of H-pyrrole nitrogens is 1. The summed E-state index contributed by atoms with van der Waals surface area (Å²) in [5.41, 5.74) is 3.35. The average Bonchev–Trinajstić information content (AvgIpc) is 3.35. The fraction of sp³-hybridized carbons (Fsp3) is 0.500. The minimum Gasteiger partial charge on any atom is -0.341 e. The SMILES string of the molecule is CC1CCN(c2ncc(CN3CCCC3c3nc4ccccc4[nH]3)cn2)CC1. The highest BCUT2D eigenvalue weighted by atomic mass is 15.3. The molecule has 2 aliphatic rings. The molecule has 6 nitrogen and oxygen atoms in total. The van der Waals surface area contributed by atoms with E-state index in [1.807, 2.05) is 18.5 Å². The van der Waals surface area contributed by atoms with Gasteiger partial charge in [-0.05, 0) is 50.3 Å². The Kier molecular flexibility index (Phi) is 4.72. The molecular weight excluding hydrogens is 348 g/mol. The average molecular weight is 377 g/mol. The molecule has 3 aromatic rings. The van der Waals surface area contributed by atoms with Crippen molar-refractivity contribution >= 4 is 17.0 Å². The second-order valence-corrected chi connectivity index (χ2v) is 8.33. The lowest BCUT2D eigenvalue weighted by Crippen LogP contribution is -2.34. The van der Waals surface area contributed by atoms with Crippen LogP contribution in [-0.4, -0.2) is 44.5 Å². The Morgan fingerprint density at radius 1 is 1.04 bits per heavy atom. The summed E-state index contributed by atoms with van der Waals surface area (Å²) in [5.74, 6) is 2.78. The number of aromatic nitrogens is 4. The van der Waals surface area contributed by atoms with Crippen LogP contribution in [-0.2, 0) is 6.54 Å². The molecule has 0 spiro atoms. The summed E-state index contributed by atoms with van der Waals surface area (Å²) >= 11 is 0. The van der Waals surface area contributed by atoms with Crippen LogP contribution in [0.4, 0.5) is 5.95 Å². The highest BCUT2D eigenvalue weighted by molar-refractivity contribution is 5.74. The number of benzene rings is 1. The molecular formula is C22H28N6. The molecule has 2 fully saturated rings. The van der Waals surface area contributed by atoms with Crippen molar-refractivity contribution in [2.75, 3.05) is 24.5 Å². The summed E-state index contributed by atoms with van der Waals surface area (Å²) in [4.78, 5) is 22.5. The number of aromatic amines is 1. The van der Waals surface area contributed by atoms with Gasteiger partial charge >= 0.3 is 0 Å². The molecule has 4 heterocycles. The van der Waals surface area contributed by atoms with Crippen LogP contribution in [0.5, 0.6) is 0 Å². The predicted octanol–water partition coefficient (Wildman–Crippen LogP) is 3.93. The maximum atomic E-state index is 4.83. The fourth-order valence-electron chi connectivity index (χ4n) is 4.49. The Morgan fingerprint density at radius 3 is 2.61 bits per heavy atom. The van der Waals surface area contributed by atoms with E-state index in [9.17, 15) is 0 Å². The van der Waals surface area contributed by atoms with Crippen molar-refractivity contribution in [2.45, 2.75) is 45.2 Å². The molecule has 1 atom stereocenters. The van der Waals surface area contributed by atoms with Gasteiger partial charge in [0.25, 0.3) is 0 Å². The third kappa shape index (κ3) is 3.49. The molecule has 2 saturated heterocycles. The number of fused-ring (bicyclic) bond motifs is 1. The lowest BCUT2D eigenvalue weighted by molar-refractivity contribution is 0.240. The lowest BCUT2D eigenvalue weighted by Gasteiger charge is -2.30. The van der Waals surface area contributed by atoms with Gasteiger partial charge in [0, 0.05) is 37.6 Å². The number of hydrogen-bond acceptors (Lipinski definition) is 5. The quantitative estimate of drug-likeness (QED) is 0.748. The highest BCUT2D eigenvalue weighted by Crippen LogP contribution is 2.32. The molecule has 0 amide bonds. The minimum atomic E-state index is 0.343. The van der Waals surface area contributed by atoms with Gasteiger partial charge in [-0.25, -0.2) is 15.0 Å². The van der Waals surface area contributed by atoms with Gasteiger partial charge in [-0.3, -0.25) is 4.90 Å². The van der Waals surface area contributed by atoms with Crippen molar-refractivity contribution in [3.63, 3.8) is 0 Å². The Morgan fingerprint density at radius 2 is 1.82 bits per heavy atom. The summed E-state index contributed by atoms with van der Waals surface area (Å²) < 4.78 is 0. The fourth-order valence-corrected chi connectivity index (χ4v) is 4.49. The largest absolute Gasteiger partial charge is 0.341 e. The van der Waals surface area contributed by atoms with Gasteiger partial charge in [0.15, 0.2) is 0 Å². The topological polar surface area (TPSA) is 60.9 Å². The maximum Gasteiger partial charge on any atom is 0.225 e.